The monoisotopic (exact) mass is 353 g/mol. The molecule has 0 aromatic heterocycles. The summed E-state index contributed by atoms with van der Waals surface area (Å²) in [4.78, 5) is 0.291. The summed E-state index contributed by atoms with van der Waals surface area (Å²) in [5.74, 6) is 0. The summed E-state index contributed by atoms with van der Waals surface area (Å²) < 4.78 is 28.3. The van der Waals surface area contributed by atoms with E-state index >= 15 is 0 Å². The van der Waals surface area contributed by atoms with Gasteiger partial charge in [0.25, 0.3) is 0 Å². The van der Waals surface area contributed by atoms with Gasteiger partial charge >= 0.3 is 0 Å². The zero-order valence-electron chi connectivity index (χ0n) is 11.3. The predicted molar refractivity (Wildman–Crippen MR) is 84.1 cm³/mol. The van der Waals surface area contributed by atoms with E-state index in [4.69, 9.17) is 0 Å². The van der Waals surface area contributed by atoms with Crippen molar-refractivity contribution in [1.29, 1.82) is 0 Å². The first-order chi connectivity index (χ1) is 9.38. The van der Waals surface area contributed by atoms with Gasteiger partial charge in [-0.15, -0.1) is 0 Å². The Labute approximate surface area is 128 Å². The van der Waals surface area contributed by atoms with Gasteiger partial charge in [-0.3, -0.25) is 0 Å². The molecule has 1 atom stereocenters. The Morgan fingerprint density at radius 2 is 1.80 bits per heavy atom. The number of aryl methyl sites for hydroxylation is 1. The Bertz CT molecular complexity index is 713. The van der Waals surface area contributed by atoms with Crippen molar-refractivity contribution < 1.29 is 8.42 Å². The van der Waals surface area contributed by atoms with Crippen LogP contribution in [0.3, 0.4) is 0 Å². The fourth-order valence-electron chi connectivity index (χ4n) is 1.93. The van der Waals surface area contributed by atoms with Gasteiger partial charge in [-0.05, 0) is 49.2 Å². The van der Waals surface area contributed by atoms with Crippen molar-refractivity contribution in [1.82, 2.24) is 4.72 Å². The van der Waals surface area contributed by atoms with E-state index in [1.54, 1.807) is 18.2 Å². The minimum Gasteiger partial charge on any atom is -0.207 e. The minimum atomic E-state index is -3.51. The van der Waals surface area contributed by atoms with Gasteiger partial charge in [-0.25, -0.2) is 13.1 Å². The molecule has 5 heteroatoms. The van der Waals surface area contributed by atoms with Crippen molar-refractivity contribution in [3.63, 3.8) is 0 Å². The van der Waals surface area contributed by atoms with Crippen LogP contribution >= 0.6 is 15.9 Å². The van der Waals surface area contributed by atoms with E-state index in [0.29, 0.717) is 4.90 Å². The topological polar surface area (TPSA) is 46.2 Å². The standard InChI is InChI=1S/C15H16BrNO2S/c1-11-5-3-8-15(9-11)20(18,19)17-12(2)13-6-4-7-14(16)10-13/h3-10,12,17H,1-2H3/t12-/m1/s1. The van der Waals surface area contributed by atoms with Gasteiger partial charge in [-0.1, -0.05) is 40.2 Å². The molecule has 0 radical (unpaired) electrons. The molecule has 0 bridgehead atoms. The molecule has 106 valence electrons. The van der Waals surface area contributed by atoms with Gasteiger partial charge in [0, 0.05) is 10.5 Å². The Hall–Kier alpha value is -1.17. The molecule has 0 aliphatic heterocycles. The van der Waals surface area contributed by atoms with Gasteiger partial charge < -0.3 is 0 Å². The summed E-state index contributed by atoms with van der Waals surface area (Å²) in [6, 6.07) is 14.2. The Kier molecular flexibility index (Phi) is 4.62. The van der Waals surface area contributed by atoms with E-state index in [2.05, 4.69) is 20.7 Å². The van der Waals surface area contributed by atoms with E-state index in [9.17, 15) is 8.42 Å². The van der Waals surface area contributed by atoms with Crippen LogP contribution in [0.15, 0.2) is 57.9 Å². The number of sulfonamides is 1. The molecular formula is C15H16BrNO2S. The molecule has 20 heavy (non-hydrogen) atoms. The maximum Gasteiger partial charge on any atom is 0.241 e. The van der Waals surface area contributed by atoms with Crippen molar-refractivity contribution in [3.8, 4) is 0 Å². The van der Waals surface area contributed by atoms with Crippen LogP contribution < -0.4 is 4.72 Å². The van der Waals surface area contributed by atoms with Crippen LogP contribution in [0.1, 0.15) is 24.1 Å². The average Bonchev–Trinajstić information content (AvgIpc) is 2.38. The lowest BCUT2D eigenvalue weighted by atomic mass is 10.1. The quantitative estimate of drug-likeness (QED) is 0.908. The third kappa shape index (κ3) is 3.69. The number of hydrogen-bond donors (Lipinski definition) is 1. The van der Waals surface area contributed by atoms with Crippen molar-refractivity contribution in [3.05, 3.63) is 64.1 Å². The highest BCUT2D eigenvalue weighted by Crippen LogP contribution is 2.20. The molecule has 0 heterocycles. The van der Waals surface area contributed by atoms with Gasteiger partial charge in [0.2, 0.25) is 10.0 Å². The highest BCUT2D eigenvalue weighted by atomic mass is 79.9. The largest absolute Gasteiger partial charge is 0.241 e. The molecule has 0 aliphatic carbocycles. The van der Waals surface area contributed by atoms with E-state index in [-0.39, 0.29) is 6.04 Å². The van der Waals surface area contributed by atoms with E-state index in [0.717, 1.165) is 15.6 Å². The summed E-state index contributed by atoms with van der Waals surface area (Å²) in [7, 11) is -3.51. The maximum absolute atomic E-state index is 12.3. The SMILES string of the molecule is Cc1cccc(S(=O)(=O)N[C@H](C)c2cccc(Br)c2)c1. The number of nitrogens with one attached hydrogen (secondary N) is 1. The van der Waals surface area contributed by atoms with Gasteiger partial charge in [-0.2, -0.15) is 0 Å². The molecule has 0 amide bonds. The van der Waals surface area contributed by atoms with Crippen molar-refractivity contribution in [2.75, 3.05) is 0 Å². The van der Waals surface area contributed by atoms with Crippen LogP contribution in [0.5, 0.6) is 0 Å². The number of benzene rings is 2. The van der Waals surface area contributed by atoms with Gasteiger partial charge in [0.15, 0.2) is 0 Å². The summed E-state index contributed by atoms with van der Waals surface area (Å²) in [5, 5.41) is 0. The van der Waals surface area contributed by atoms with Crippen molar-refractivity contribution >= 4 is 26.0 Å². The van der Waals surface area contributed by atoms with Crippen LogP contribution in [-0.2, 0) is 10.0 Å². The lowest BCUT2D eigenvalue weighted by Crippen LogP contribution is -2.26. The highest BCUT2D eigenvalue weighted by Gasteiger charge is 2.18. The molecule has 0 aliphatic rings. The lowest BCUT2D eigenvalue weighted by molar-refractivity contribution is 0.567. The zero-order chi connectivity index (χ0) is 14.8. The molecule has 1 N–H and O–H groups in total. The first kappa shape index (κ1) is 15.2. The van der Waals surface area contributed by atoms with Crippen LogP contribution in [0.4, 0.5) is 0 Å². The summed E-state index contributed by atoms with van der Waals surface area (Å²) in [6.45, 7) is 3.70. The van der Waals surface area contributed by atoms with E-state index in [1.165, 1.54) is 0 Å². The van der Waals surface area contributed by atoms with Crippen LogP contribution in [0.25, 0.3) is 0 Å². The average molecular weight is 354 g/mol. The molecule has 0 fully saturated rings. The molecule has 0 unspecified atom stereocenters. The maximum atomic E-state index is 12.3. The van der Waals surface area contributed by atoms with Crippen LogP contribution in [0.2, 0.25) is 0 Å². The lowest BCUT2D eigenvalue weighted by Gasteiger charge is -2.15. The number of halogens is 1. The molecule has 0 spiro atoms. The molecule has 2 rings (SSSR count). The molecular weight excluding hydrogens is 338 g/mol. The fourth-order valence-corrected chi connectivity index (χ4v) is 3.68. The second-order valence-corrected chi connectivity index (χ2v) is 7.34. The molecule has 0 saturated carbocycles. The third-order valence-corrected chi connectivity index (χ3v) is 5.01. The Morgan fingerprint density at radius 3 is 2.45 bits per heavy atom. The summed E-state index contributed by atoms with van der Waals surface area (Å²) >= 11 is 3.39. The first-order valence-corrected chi connectivity index (χ1v) is 8.50. The van der Waals surface area contributed by atoms with Crippen LogP contribution in [-0.4, -0.2) is 8.42 Å². The van der Waals surface area contributed by atoms with Crippen LogP contribution in [0, 0.1) is 6.92 Å². The number of hydrogen-bond acceptors (Lipinski definition) is 2. The molecule has 2 aromatic carbocycles. The zero-order valence-corrected chi connectivity index (χ0v) is 13.7. The normalized spacial score (nSPS) is 13.2. The van der Waals surface area contributed by atoms with Crippen molar-refractivity contribution in [2.24, 2.45) is 0 Å². The molecule has 2 aromatic rings. The van der Waals surface area contributed by atoms with Gasteiger partial charge in [0.05, 0.1) is 4.90 Å². The minimum absolute atomic E-state index is 0.291. The second kappa shape index (κ2) is 6.08. The number of rotatable bonds is 4. The van der Waals surface area contributed by atoms with Crippen molar-refractivity contribution in [2.45, 2.75) is 24.8 Å². The first-order valence-electron chi connectivity index (χ1n) is 6.23. The predicted octanol–water partition coefficient (Wildman–Crippen LogP) is 3.80. The smallest absolute Gasteiger partial charge is 0.207 e. The molecule has 0 saturated heterocycles. The van der Waals surface area contributed by atoms with E-state index in [1.807, 2.05) is 44.2 Å². The second-order valence-electron chi connectivity index (χ2n) is 4.71. The van der Waals surface area contributed by atoms with E-state index < -0.39 is 10.0 Å². The highest BCUT2D eigenvalue weighted by molar-refractivity contribution is 9.10. The third-order valence-electron chi connectivity index (χ3n) is 2.98. The Balaban J connectivity index is 2.24. The summed E-state index contributed by atoms with van der Waals surface area (Å²) in [6.07, 6.45) is 0. The molecule has 3 nitrogen and oxygen atoms in total. The summed E-state index contributed by atoms with van der Waals surface area (Å²) in [5.41, 5.74) is 1.83. The Morgan fingerprint density at radius 1 is 1.10 bits per heavy atom. The van der Waals surface area contributed by atoms with Gasteiger partial charge in [0.1, 0.15) is 0 Å². The fraction of sp³-hybridized carbons (Fsp3) is 0.200.